The van der Waals surface area contributed by atoms with Gasteiger partial charge in [0.15, 0.2) is 5.78 Å². The number of allylic oxidation sites excluding steroid dienone is 1. The fraction of sp³-hybridized carbons (Fsp3) is 0.0625. The number of carbonyl (C=O) groups excluding carboxylic acids is 1. The number of rotatable bonds is 5. The fourth-order valence-electron chi connectivity index (χ4n) is 1.77. The third-order valence-corrected chi connectivity index (χ3v) is 2.75. The van der Waals surface area contributed by atoms with E-state index in [2.05, 4.69) is 4.74 Å². The summed E-state index contributed by atoms with van der Waals surface area (Å²) in [5.74, 6) is -2.62. The predicted octanol–water partition coefficient (Wildman–Crippen LogP) is 4.46. The molecule has 6 heteroatoms. The van der Waals surface area contributed by atoms with E-state index < -0.39 is 24.0 Å². The molecule has 2 aromatic rings. The van der Waals surface area contributed by atoms with Crippen molar-refractivity contribution in [2.75, 3.05) is 0 Å². The first-order valence-corrected chi connectivity index (χ1v) is 6.18. The van der Waals surface area contributed by atoms with E-state index in [1.165, 1.54) is 24.3 Å². The molecule has 0 spiro atoms. The minimum Gasteiger partial charge on any atom is -0.434 e. The Kier molecular flexibility index (Phi) is 4.93. The zero-order valence-electron chi connectivity index (χ0n) is 11.1. The van der Waals surface area contributed by atoms with Crippen LogP contribution in [0.4, 0.5) is 17.6 Å². The van der Waals surface area contributed by atoms with Gasteiger partial charge in [0.2, 0.25) is 0 Å². The minimum absolute atomic E-state index is 0.110. The van der Waals surface area contributed by atoms with Gasteiger partial charge in [-0.2, -0.15) is 8.78 Å². The Morgan fingerprint density at radius 2 is 1.82 bits per heavy atom. The van der Waals surface area contributed by atoms with Crippen LogP contribution in [0, 0.1) is 11.6 Å². The van der Waals surface area contributed by atoms with Crippen molar-refractivity contribution in [3.63, 3.8) is 0 Å². The van der Waals surface area contributed by atoms with Gasteiger partial charge >= 0.3 is 6.61 Å². The maximum Gasteiger partial charge on any atom is 0.387 e. The zero-order valence-corrected chi connectivity index (χ0v) is 11.1. The molecule has 2 nitrogen and oxygen atoms in total. The number of ketones is 1. The molecule has 2 aromatic carbocycles. The third-order valence-electron chi connectivity index (χ3n) is 2.75. The summed E-state index contributed by atoms with van der Waals surface area (Å²) < 4.78 is 55.1. The molecule has 0 aliphatic carbocycles. The number of hydrogen-bond acceptors (Lipinski definition) is 2. The first kappa shape index (κ1) is 15.8. The van der Waals surface area contributed by atoms with Crippen molar-refractivity contribution in [1.29, 1.82) is 0 Å². The molecule has 0 fully saturated rings. The van der Waals surface area contributed by atoms with Crippen LogP contribution in [0.3, 0.4) is 0 Å². The van der Waals surface area contributed by atoms with Gasteiger partial charge in [0, 0.05) is 11.6 Å². The number of hydrogen-bond donors (Lipinski definition) is 0. The van der Waals surface area contributed by atoms with Crippen LogP contribution in [-0.4, -0.2) is 12.4 Å². The summed E-state index contributed by atoms with van der Waals surface area (Å²) in [5, 5.41) is 0. The van der Waals surface area contributed by atoms with Gasteiger partial charge < -0.3 is 4.74 Å². The molecule has 114 valence electrons. The molecule has 0 saturated heterocycles. The SMILES string of the molecule is O=C(/C=C/c1ccccc1OC(F)F)c1ccc(F)cc1F. The number of halogens is 4. The van der Waals surface area contributed by atoms with Gasteiger partial charge in [0.25, 0.3) is 0 Å². The van der Waals surface area contributed by atoms with Crippen LogP contribution in [0.1, 0.15) is 15.9 Å². The van der Waals surface area contributed by atoms with Crippen LogP contribution < -0.4 is 4.74 Å². The Morgan fingerprint density at radius 3 is 2.50 bits per heavy atom. The van der Waals surface area contributed by atoms with Gasteiger partial charge in [0.05, 0.1) is 5.56 Å². The van der Waals surface area contributed by atoms with E-state index >= 15 is 0 Å². The van der Waals surface area contributed by atoms with Crippen molar-refractivity contribution in [3.8, 4) is 5.75 Å². The van der Waals surface area contributed by atoms with Crippen LogP contribution in [0.5, 0.6) is 5.75 Å². The van der Waals surface area contributed by atoms with E-state index in [-0.39, 0.29) is 16.9 Å². The molecule has 0 heterocycles. The molecule has 0 unspecified atom stereocenters. The van der Waals surface area contributed by atoms with Crippen molar-refractivity contribution in [1.82, 2.24) is 0 Å². The summed E-state index contributed by atoms with van der Waals surface area (Å²) in [6.45, 7) is -3.00. The summed E-state index contributed by atoms with van der Waals surface area (Å²) >= 11 is 0. The Balaban J connectivity index is 2.23. The monoisotopic (exact) mass is 310 g/mol. The van der Waals surface area contributed by atoms with Crippen molar-refractivity contribution in [2.45, 2.75) is 6.61 Å². The fourth-order valence-corrected chi connectivity index (χ4v) is 1.77. The second kappa shape index (κ2) is 6.89. The lowest BCUT2D eigenvalue weighted by atomic mass is 10.1. The molecule has 0 N–H and O–H groups in total. The molecule has 2 rings (SSSR count). The van der Waals surface area contributed by atoms with Crippen molar-refractivity contribution in [3.05, 3.63) is 71.3 Å². The van der Waals surface area contributed by atoms with Gasteiger partial charge in [-0.1, -0.05) is 18.2 Å². The Bertz CT molecular complexity index is 711. The lowest BCUT2D eigenvalue weighted by molar-refractivity contribution is -0.0499. The summed E-state index contributed by atoms with van der Waals surface area (Å²) in [4.78, 5) is 11.8. The quantitative estimate of drug-likeness (QED) is 0.463. The summed E-state index contributed by atoms with van der Waals surface area (Å²) in [6.07, 6.45) is 2.23. The molecule has 0 radical (unpaired) electrons. The average molecular weight is 310 g/mol. The molecule has 0 aromatic heterocycles. The second-order valence-corrected chi connectivity index (χ2v) is 4.24. The van der Waals surface area contributed by atoms with Crippen LogP contribution >= 0.6 is 0 Å². The number of alkyl halides is 2. The summed E-state index contributed by atoms with van der Waals surface area (Å²) in [5.41, 5.74) is -0.0800. The molecule has 0 aliphatic heterocycles. The third kappa shape index (κ3) is 3.94. The van der Waals surface area contributed by atoms with Crippen LogP contribution in [0.2, 0.25) is 0 Å². The first-order valence-electron chi connectivity index (χ1n) is 6.18. The van der Waals surface area contributed by atoms with Crippen LogP contribution in [0.25, 0.3) is 6.08 Å². The Morgan fingerprint density at radius 1 is 1.09 bits per heavy atom. The summed E-state index contributed by atoms with van der Waals surface area (Å²) in [7, 11) is 0. The number of carbonyl (C=O) groups is 1. The van der Waals surface area contributed by atoms with E-state index in [1.807, 2.05) is 0 Å². The largest absolute Gasteiger partial charge is 0.434 e. The number of para-hydroxylation sites is 1. The van der Waals surface area contributed by atoms with E-state index in [0.29, 0.717) is 6.07 Å². The molecule has 0 amide bonds. The second-order valence-electron chi connectivity index (χ2n) is 4.24. The maximum atomic E-state index is 13.5. The average Bonchev–Trinajstić information content (AvgIpc) is 2.45. The molecule has 22 heavy (non-hydrogen) atoms. The standard InChI is InChI=1S/C16H10F4O2/c17-11-6-7-12(13(18)9-11)14(21)8-5-10-3-1-2-4-15(10)22-16(19)20/h1-9,16H/b8-5+. The molecule has 0 atom stereocenters. The number of ether oxygens (including phenoxy) is 1. The van der Waals surface area contributed by atoms with Gasteiger partial charge in [0.1, 0.15) is 17.4 Å². The van der Waals surface area contributed by atoms with Gasteiger partial charge in [-0.05, 0) is 30.4 Å². The van der Waals surface area contributed by atoms with E-state index in [0.717, 1.165) is 18.2 Å². The van der Waals surface area contributed by atoms with E-state index in [4.69, 9.17) is 0 Å². The predicted molar refractivity (Wildman–Crippen MR) is 72.8 cm³/mol. The zero-order chi connectivity index (χ0) is 16.1. The summed E-state index contributed by atoms with van der Waals surface area (Å²) in [6, 6.07) is 8.40. The van der Waals surface area contributed by atoms with Crippen LogP contribution in [-0.2, 0) is 0 Å². The van der Waals surface area contributed by atoms with Crippen LogP contribution in [0.15, 0.2) is 48.5 Å². The Hall–Kier alpha value is -2.63. The highest BCUT2D eigenvalue weighted by molar-refractivity contribution is 6.07. The van der Waals surface area contributed by atoms with Crippen molar-refractivity contribution < 1.29 is 27.1 Å². The molecule has 0 aliphatic rings. The van der Waals surface area contributed by atoms with Crippen molar-refractivity contribution in [2.24, 2.45) is 0 Å². The minimum atomic E-state index is -3.00. The Labute approximate surface area is 123 Å². The normalized spacial score (nSPS) is 11.1. The lowest BCUT2D eigenvalue weighted by Crippen LogP contribution is -2.03. The molecular formula is C16H10F4O2. The molecule has 0 saturated carbocycles. The highest BCUT2D eigenvalue weighted by Crippen LogP contribution is 2.22. The lowest BCUT2D eigenvalue weighted by Gasteiger charge is -2.07. The number of benzene rings is 2. The first-order chi connectivity index (χ1) is 10.5. The smallest absolute Gasteiger partial charge is 0.387 e. The van der Waals surface area contributed by atoms with E-state index in [1.54, 1.807) is 6.07 Å². The molecule has 0 bridgehead atoms. The topological polar surface area (TPSA) is 26.3 Å². The van der Waals surface area contributed by atoms with Gasteiger partial charge in [-0.15, -0.1) is 0 Å². The van der Waals surface area contributed by atoms with E-state index in [9.17, 15) is 22.4 Å². The van der Waals surface area contributed by atoms with Crippen molar-refractivity contribution >= 4 is 11.9 Å². The van der Waals surface area contributed by atoms with Gasteiger partial charge in [-0.3, -0.25) is 4.79 Å². The maximum absolute atomic E-state index is 13.5. The highest BCUT2D eigenvalue weighted by Gasteiger charge is 2.11. The van der Waals surface area contributed by atoms with Gasteiger partial charge in [-0.25, -0.2) is 8.78 Å². The molecular weight excluding hydrogens is 300 g/mol. The highest BCUT2D eigenvalue weighted by atomic mass is 19.3.